The van der Waals surface area contributed by atoms with Crippen LogP contribution in [0.2, 0.25) is 0 Å². The van der Waals surface area contributed by atoms with Gasteiger partial charge in [-0.05, 0) is 25.7 Å². The van der Waals surface area contributed by atoms with Gasteiger partial charge >= 0.3 is 5.97 Å². The second-order valence-electron chi connectivity index (χ2n) is 6.54. The van der Waals surface area contributed by atoms with Gasteiger partial charge in [-0.25, -0.2) is 4.79 Å². The van der Waals surface area contributed by atoms with E-state index in [0.717, 1.165) is 0 Å². The Morgan fingerprint density at radius 1 is 1.21 bits per heavy atom. The minimum atomic E-state index is -1.09. The van der Waals surface area contributed by atoms with Gasteiger partial charge in [-0.15, -0.1) is 0 Å². The SMILES string of the molecule is NCC(=O)NC(CS)C(=O)NC(CCCN=C(N)N)C(=O)N1CCCC1C(=O)O. The number of carboxylic acids is 1. The van der Waals surface area contributed by atoms with Crippen LogP contribution < -0.4 is 27.8 Å². The molecule has 3 atom stereocenters. The first kappa shape index (κ1) is 24.5. The Bertz CT molecular complexity index is 641. The van der Waals surface area contributed by atoms with Crippen molar-refractivity contribution >= 4 is 42.3 Å². The highest BCUT2D eigenvalue weighted by Crippen LogP contribution is 2.19. The van der Waals surface area contributed by atoms with Crippen molar-refractivity contribution in [3.8, 4) is 0 Å². The van der Waals surface area contributed by atoms with E-state index < -0.39 is 41.8 Å². The number of hydrogen-bond acceptors (Lipinski definition) is 7. The maximum absolute atomic E-state index is 12.9. The molecule has 1 fully saturated rings. The number of guanidine groups is 1. The lowest BCUT2D eigenvalue weighted by molar-refractivity contribution is -0.149. The molecular formula is C16H29N7O5S. The number of carbonyl (C=O) groups excluding carboxylic acids is 3. The van der Waals surface area contributed by atoms with E-state index in [9.17, 15) is 24.3 Å². The highest BCUT2D eigenvalue weighted by molar-refractivity contribution is 7.80. The number of nitrogens with zero attached hydrogens (tertiary/aromatic N) is 2. The van der Waals surface area contributed by atoms with Gasteiger partial charge in [0.05, 0.1) is 6.54 Å². The van der Waals surface area contributed by atoms with E-state index in [0.29, 0.717) is 19.3 Å². The monoisotopic (exact) mass is 431 g/mol. The largest absolute Gasteiger partial charge is 0.480 e. The third kappa shape index (κ3) is 7.77. The summed E-state index contributed by atoms with van der Waals surface area (Å²) in [6.07, 6.45) is 1.47. The molecule has 0 aromatic carbocycles. The van der Waals surface area contributed by atoms with E-state index in [1.54, 1.807) is 0 Å². The van der Waals surface area contributed by atoms with Gasteiger partial charge in [-0.2, -0.15) is 12.6 Å². The van der Waals surface area contributed by atoms with Gasteiger partial charge in [0.25, 0.3) is 0 Å². The summed E-state index contributed by atoms with van der Waals surface area (Å²) in [5.74, 6) is -2.86. The van der Waals surface area contributed by atoms with Crippen molar-refractivity contribution in [1.29, 1.82) is 0 Å². The molecule has 12 nitrogen and oxygen atoms in total. The van der Waals surface area contributed by atoms with E-state index >= 15 is 0 Å². The topological polar surface area (TPSA) is 206 Å². The number of rotatable bonds is 11. The average molecular weight is 432 g/mol. The molecule has 1 aliphatic rings. The van der Waals surface area contributed by atoms with Crippen molar-refractivity contribution < 1.29 is 24.3 Å². The van der Waals surface area contributed by atoms with Crippen LogP contribution in [0.3, 0.4) is 0 Å². The van der Waals surface area contributed by atoms with Crippen molar-refractivity contribution in [3.05, 3.63) is 0 Å². The van der Waals surface area contributed by atoms with Crippen LogP contribution in [0.25, 0.3) is 0 Å². The fourth-order valence-electron chi connectivity index (χ4n) is 2.97. The number of nitrogens with one attached hydrogen (secondary N) is 2. The lowest BCUT2D eigenvalue weighted by Crippen LogP contribution is -2.56. The van der Waals surface area contributed by atoms with Crippen LogP contribution in [0.15, 0.2) is 4.99 Å². The predicted molar refractivity (Wildman–Crippen MR) is 109 cm³/mol. The Balaban J connectivity index is 2.90. The maximum atomic E-state index is 12.9. The van der Waals surface area contributed by atoms with Crippen molar-refractivity contribution in [3.63, 3.8) is 0 Å². The van der Waals surface area contributed by atoms with Crippen molar-refractivity contribution in [2.45, 2.75) is 43.8 Å². The molecule has 0 aromatic rings. The molecule has 1 aliphatic heterocycles. The Morgan fingerprint density at radius 2 is 1.90 bits per heavy atom. The standard InChI is InChI=1S/C16H29N7O5S/c17-7-12(24)21-10(8-29)13(25)22-9(3-1-5-20-16(18)19)14(26)23-6-2-4-11(23)15(27)28/h9-11,29H,1-8,17H2,(H,21,24)(H,22,25)(H,27,28)(H4,18,19,20). The van der Waals surface area contributed by atoms with Crippen LogP contribution >= 0.6 is 12.6 Å². The summed E-state index contributed by atoms with van der Waals surface area (Å²) >= 11 is 4.04. The molecule has 0 saturated carbocycles. The molecular weight excluding hydrogens is 402 g/mol. The summed E-state index contributed by atoms with van der Waals surface area (Å²) < 4.78 is 0. The molecule has 164 valence electrons. The summed E-state index contributed by atoms with van der Waals surface area (Å²) in [6, 6.07) is -2.91. The number of likely N-dealkylation sites (tertiary alicyclic amines) is 1. The number of nitrogens with two attached hydrogens (primary N) is 3. The summed E-state index contributed by atoms with van der Waals surface area (Å²) in [5.41, 5.74) is 15.8. The molecule has 13 heteroatoms. The average Bonchev–Trinajstić information content (AvgIpc) is 3.17. The minimum absolute atomic E-state index is 0.00600. The van der Waals surface area contributed by atoms with E-state index in [4.69, 9.17) is 17.2 Å². The van der Waals surface area contributed by atoms with Crippen LogP contribution in [0.1, 0.15) is 25.7 Å². The molecule has 0 spiro atoms. The maximum Gasteiger partial charge on any atom is 0.326 e. The molecule has 9 N–H and O–H groups in total. The van der Waals surface area contributed by atoms with Crippen molar-refractivity contribution in [1.82, 2.24) is 15.5 Å². The van der Waals surface area contributed by atoms with Gasteiger partial charge in [-0.1, -0.05) is 0 Å². The van der Waals surface area contributed by atoms with Crippen molar-refractivity contribution in [2.24, 2.45) is 22.2 Å². The van der Waals surface area contributed by atoms with Crippen LogP contribution in [-0.4, -0.2) is 83.2 Å². The number of aliphatic imine (C=N–C) groups is 1. The van der Waals surface area contributed by atoms with Gasteiger partial charge in [0.2, 0.25) is 17.7 Å². The second kappa shape index (κ2) is 12.1. The summed E-state index contributed by atoms with van der Waals surface area (Å²) in [7, 11) is 0. The highest BCUT2D eigenvalue weighted by Gasteiger charge is 2.38. The molecule has 3 unspecified atom stereocenters. The minimum Gasteiger partial charge on any atom is -0.480 e. The smallest absolute Gasteiger partial charge is 0.326 e. The van der Waals surface area contributed by atoms with Gasteiger partial charge in [0, 0.05) is 18.8 Å². The Morgan fingerprint density at radius 3 is 2.45 bits per heavy atom. The van der Waals surface area contributed by atoms with Gasteiger partial charge < -0.3 is 37.8 Å². The van der Waals surface area contributed by atoms with Crippen LogP contribution in [-0.2, 0) is 19.2 Å². The molecule has 0 aromatic heterocycles. The number of hydrogen-bond donors (Lipinski definition) is 7. The summed E-state index contributed by atoms with van der Waals surface area (Å²) in [4.78, 5) is 53.5. The number of amides is 3. The molecule has 1 saturated heterocycles. The molecule has 1 rings (SSSR count). The Hall–Kier alpha value is -2.54. The second-order valence-corrected chi connectivity index (χ2v) is 6.91. The zero-order valence-electron chi connectivity index (χ0n) is 16.0. The quantitative estimate of drug-likeness (QED) is 0.0773. The molecule has 0 aliphatic carbocycles. The molecule has 3 amide bonds. The number of thiol groups is 1. The van der Waals surface area contributed by atoms with Gasteiger partial charge in [-0.3, -0.25) is 19.4 Å². The molecule has 29 heavy (non-hydrogen) atoms. The predicted octanol–water partition coefficient (Wildman–Crippen LogP) is -3.03. The highest BCUT2D eigenvalue weighted by atomic mass is 32.1. The van der Waals surface area contributed by atoms with E-state index in [-0.39, 0.29) is 37.8 Å². The van der Waals surface area contributed by atoms with Gasteiger partial charge in [0.15, 0.2) is 5.96 Å². The van der Waals surface area contributed by atoms with E-state index in [2.05, 4.69) is 28.3 Å². The van der Waals surface area contributed by atoms with E-state index in [1.807, 2.05) is 0 Å². The Kier molecular flexibility index (Phi) is 10.2. The summed E-state index contributed by atoms with van der Waals surface area (Å²) in [5, 5.41) is 14.3. The zero-order valence-corrected chi connectivity index (χ0v) is 16.9. The Labute approximate surface area is 174 Å². The first-order chi connectivity index (χ1) is 13.7. The first-order valence-electron chi connectivity index (χ1n) is 9.20. The number of carboxylic acid groups (broad SMARTS) is 1. The normalized spacial score (nSPS) is 17.9. The van der Waals surface area contributed by atoms with Crippen LogP contribution in [0.5, 0.6) is 0 Å². The van der Waals surface area contributed by atoms with Crippen molar-refractivity contribution in [2.75, 3.05) is 25.4 Å². The summed E-state index contributed by atoms with van der Waals surface area (Å²) in [6.45, 7) is 0.229. The zero-order chi connectivity index (χ0) is 22.0. The van der Waals surface area contributed by atoms with Crippen LogP contribution in [0.4, 0.5) is 0 Å². The fourth-order valence-corrected chi connectivity index (χ4v) is 3.23. The third-order valence-electron chi connectivity index (χ3n) is 4.40. The van der Waals surface area contributed by atoms with E-state index in [1.165, 1.54) is 4.90 Å². The van der Waals surface area contributed by atoms with Gasteiger partial charge in [0.1, 0.15) is 18.1 Å². The number of aliphatic carboxylic acids is 1. The molecule has 1 heterocycles. The lowest BCUT2D eigenvalue weighted by Gasteiger charge is -2.28. The fraction of sp³-hybridized carbons (Fsp3) is 0.688. The third-order valence-corrected chi connectivity index (χ3v) is 4.77. The molecule has 0 radical (unpaired) electrons. The van der Waals surface area contributed by atoms with Crippen LogP contribution in [0, 0.1) is 0 Å². The molecule has 0 bridgehead atoms. The first-order valence-corrected chi connectivity index (χ1v) is 9.83. The number of carbonyl (C=O) groups is 4. The lowest BCUT2D eigenvalue weighted by atomic mass is 10.1.